The Morgan fingerprint density at radius 1 is 1.21 bits per heavy atom. The number of hydrogen-bond donors (Lipinski definition) is 1. The van der Waals surface area contributed by atoms with Crippen molar-refractivity contribution in [3.63, 3.8) is 0 Å². The summed E-state index contributed by atoms with van der Waals surface area (Å²) in [4.78, 5) is 1.54. The molecule has 1 N–H and O–H groups in total. The molecule has 0 spiro atoms. The van der Waals surface area contributed by atoms with Crippen LogP contribution >= 0.6 is 0 Å². The minimum absolute atomic E-state index is 0.491. The standard InChI is InChI=1S/C12H17N5O2/c1-13-7-8-17-15-12(14-16-17)11-9(18-2)5-4-6-10(11)19-3/h4-6,13H,7-8H2,1-3H3. The van der Waals surface area contributed by atoms with Crippen molar-refractivity contribution < 1.29 is 9.47 Å². The predicted octanol–water partition coefficient (Wildman–Crippen LogP) is 0.577. The average Bonchev–Trinajstić information content (AvgIpc) is 2.92. The van der Waals surface area contributed by atoms with Crippen LogP contribution in [0.1, 0.15) is 0 Å². The Morgan fingerprint density at radius 2 is 1.89 bits per heavy atom. The molecule has 0 aliphatic carbocycles. The topological polar surface area (TPSA) is 74.1 Å². The number of nitrogens with zero attached hydrogens (tertiary/aromatic N) is 4. The molecule has 0 unspecified atom stereocenters. The summed E-state index contributed by atoms with van der Waals surface area (Å²) < 4.78 is 10.6. The Labute approximate surface area is 111 Å². The lowest BCUT2D eigenvalue weighted by Gasteiger charge is -2.09. The summed E-state index contributed by atoms with van der Waals surface area (Å²) in [6.07, 6.45) is 0. The van der Waals surface area contributed by atoms with Crippen molar-refractivity contribution in [2.45, 2.75) is 6.54 Å². The first-order chi connectivity index (χ1) is 9.30. The SMILES string of the molecule is CNCCn1nnc(-c2c(OC)cccc2OC)n1. The molecule has 1 aromatic heterocycles. The highest BCUT2D eigenvalue weighted by Crippen LogP contribution is 2.35. The number of hydrogen-bond acceptors (Lipinski definition) is 6. The van der Waals surface area contributed by atoms with Crippen LogP contribution < -0.4 is 14.8 Å². The van der Waals surface area contributed by atoms with Gasteiger partial charge in [-0.15, -0.1) is 10.2 Å². The third-order valence-corrected chi connectivity index (χ3v) is 2.67. The predicted molar refractivity (Wildman–Crippen MR) is 70.3 cm³/mol. The van der Waals surface area contributed by atoms with Crippen molar-refractivity contribution in [3.8, 4) is 22.9 Å². The van der Waals surface area contributed by atoms with Crippen molar-refractivity contribution in [2.75, 3.05) is 27.8 Å². The van der Waals surface area contributed by atoms with Crippen LogP contribution in [0.3, 0.4) is 0 Å². The number of nitrogens with one attached hydrogen (secondary N) is 1. The molecular formula is C12H17N5O2. The molecule has 0 atom stereocenters. The van der Waals surface area contributed by atoms with Gasteiger partial charge in [-0.05, 0) is 24.4 Å². The number of rotatable bonds is 6. The second-order valence-corrected chi connectivity index (χ2v) is 3.85. The van der Waals surface area contributed by atoms with E-state index in [2.05, 4.69) is 20.7 Å². The fourth-order valence-electron chi connectivity index (χ4n) is 1.72. The lowest BCUT2D eigenvalue weighted by Crippen LogP contribution is -2.16. The van der Waals surface area contributed by atoms with Crippen molar-refractivity contribution in [1.29, 1.82) is 0 Å². The van der Waals surface area contributed by atoms with Gasteiger partial charge in [0.1, 0.15) is 17.1 Å². The minimum Gasteiger partial charge on any atom is -0.496 e. The van der Waals surface area contributed by atoms with E-state index in [1.54, 1.807) is 14.2 Å². The molecule has 19 heavy (non-hydrogen) atoms. The normalized spacial score (nSPS) is 10.5. The molecular weight excluding hydrogens is 246 g/mol. The van der Waals surface area contributed by atoms with Gasteiger partial charge in [0.05, 0.1) is 20.8 Å². The molecule has 0 amide bonds. The highest BCUT2D eigenvalue weighted by molar-refractivity contribution is 5.71. The van der Waals surface area contributed by atoms with E-state index in [0.717, 1.165) is 6.54 Å². The van der Waals surface area contributed by atoms with E-state index in [0.29, 0.717) is 29.4 Å². The fourth-order valence-corrected chi connectivity index (χ4v) is 1.72. The Bertz CT molecular complexity index is 518. The van der Waals surface area contributed by atoms with E-state index < -0.39 is 0 Å². The Balaban J connectivity index is 2.37. The summed E-state index contributed by atoms with van der Waals surface area (Å²) in [6, 6.07) is 5.53. The smallest absolute Gasteiger partial charge is 0.212 e. The largest absolute Gasteiger partial charge is 0.496 e. The van der Waals surface area contributed by atoms with Crippen LogP contribution in [0.5, 0.6) is 11.5 Å². The van der Waals surface area contributed by atoms with Crippen LogP contribution in [0.15, 0.2) is 18.2 Å². The maximum atomic E-state index is 5.32. The first kappa shape index (κ1) is 13.3. The number of aromatic nitrogens is 4. The molecule has 0 aliphatic heterocycles. The Kier molecular flexibility index (Phi) is 4.30. The molecule has 102 valence electrons. The van der Waals surface area contributed by atoms with E-state index in [9.17, 15) is 0 Å². The molecule has 0 radical (unpaired) electrons. The van der Waals surface area contributed by atoms with Crippen LogP contribution in [-0.4, -0.2) is 48.0 Å². The molecule has 2 aromatic rings. The number of ether oxygens (including phenoxy) is 2. The molecule has 1 aromatic carbocycles. The van der Waals surface area contributed by atoms with Crippen LogP contribution in [0.25, 0.3) is 11.4 Å². The average molecular weight is 263 g/mol. The van der Waals surface area contributed by atoms with Crippen LogP contribution in [0.2, 0.25) is 0 Å². The molecule has 0 aliphatic rings. The fraction of sp³-hybridized carbons (Fsp3) is 0.417. The van der Waals surface area contributed by atoms with E-state index in [1.807, 2.05) is 25.2 Å². The zero-order chi connectivity index (χ0) is 13.7. The van der Waals surface area contributed by atoms with Crippen LogP contribution in [0.4, 0.5) is 0 Å². The Morgan fingerprint density at radius 3 is 2.47 bits per heavy atom. The lowest BCUT2D eigenvalue weighted by molar-refractivity contribution is 0.396. The summed E-state index contributed by atoms with van der Waals surface area (Å²) in [5.41, 5.74) is 0.711. The van der Waals surface area contributed by atoms with Crippen molar-refractivity contribution in [3.05, 3.63) is 18.2 Å². The molecule has 2 rings (SSSR count). The molecule has 0 fully saturated rings. The van der Waals surface area contributed by atoms with Gasteiger partial charge in [0, 0.05) is 6.54 Å². The highest BCUT2D eigenvalue weighted by atomic mass is 16.5. The number of benzene rings is 1. The zero-order valence-corrected chi connectivity index (χ0v) is 11.3. The number of tetrazole rings is 1. The molecule has 7 nitrogen and oxygen atoms in total. The van der Waals surface area contributed by atoms with E-state index in [-0.39, 0.29) is 0 Å². The van der Waals surface area contributed by atoms with E-state index in [1.165, 1.54) is 4.80 Å². The van der Waals surface area contributed by atoms with Gasteiger partial charge < -0.3 is 14.8 Å². The first-order valence-electron chi connectivity index (χ1n) is 5.94. The van der Waals surface area contributed by atoms with Crippen molar-refractivity contribution >= 4 is 0 Å². The van der Waals surface area contributed by atoms with Gasteiger partial charge in [-0.1, -0.05) is 6.07 Å². The van der Waals surface area contributed by atoms with Crippen molar-refractivity contribution in [1.82, 2.24) is 25.5 Å². The molecule has 0 saturated carbocycles. The minimum atomic E-state index is 0.491. The monoisotopic (exact) mass is 263 g/mol. The summed E-state index contributed by atoms with van der Waals surface area (Å²) >= 11 is 0. The molecule has 1 heterocycles. The maximum Gasteiger partial charge on any atom is 0.212 e. The van der Waals surface area contributed by atoms with Gasteiger partial charge in [-0.25, -0.2) is 0 Å². The van der Waals surface area contributed by atoms with Gasteiger partial charge in [0.25, 0.3) is 0 Å². The Hall–Kier alpha value is -2.15. The highest BCUT2D eigenvalue weighted by Gasteiger charge is 2.17. The van der Waals surface area contributed by atoms with Gasteiger partial charge in [-0.2, -0.15) is 4.80 Å². The molecule has 7 heteroatoms. The summed E-state index contributed by atoms with van der Waals surface area (Å²) in [5, 5.41) is 15.4. The third kappa shape index (κ3) is 2.82. The quantitative estimate of drug-likeness (QED) is 0.821. The molecule has 0 bridgehead atoms. The van der Waals surface area contributed by atoms with Gasteiger partial charge in [0.2, 0.25) is 5.82 Å². The zero-order valence-electron chi connectivity index (χ0n) is 11.3. The maximum absolute atomic E-state index is 5.32. The van der Waals surface area contributed by atoms with Crippen LogP contribution in [-0.2, 0) is 6.54 Å². The van der Waals surface area contributed by atoms with Gasteiger partial charge in [-0.3, -0.25) is 0 Å². The summed E-state index contributed by atoms with van der Waals surface area (Å²) in [7, 11) is 5.08. The summed E-state index contributed by atoms with van der Waals surface area (Å²) in [6.45, 7) is 1.43. The first-order valence-corrected chi connectivity index (χ1v) is 5.94. The third-order valence-electron chi connectivity index (χ3n) is 2.67. The lowest BCUT2D eigenvalue weighted by atomic mass is 10.1. The van der Waals surface area contributed by atoms with Gasteiger partial charge >= 0.3 is 0 Å². The number of likely N-dealkylation sites (N-methyl/N-ethyl adjacent to an activating group) is 1. The second-order valence-electron chi connectivity index (χ2n) is 3.85. The van der Waals surface area contributed by atoms with Gasteiger partial charge in [0.15, 0.2) is 0 Å². The van der Waals surface area contributed by atoms with E-state index in [4.69, 9.17) is 9.47 Å². The van der Waals surface area contributed by atoms with Crippen LogP contribution in [0, 0.1) is 0 Å². The number of methoxy groups -OCH3 is 2. The van der Waals surface area contributed by atoms with E-state index >= 15 is 0 Å². The second kappa shape index (κ2) is 6.14. The summed E-state index contributed by atoms with van der Waals surface area (Å²) in [5.74, 6) is 1.81. The van der Waals surface area contributed by atoms with Crippen molar-refractivity contribution in [2.24, 2.45) is 0 Å². The molecule has 0 saturated heterocycles.